The smallest absolute Gasteiger partial charge is 0.265 e. The van der Waals surface area contributed by atoms with E-state index in [-0.39, 0.29) is 5.56 Å². The Morgan fingerprint density at radius 1 is 1.40 bits per heavy atom. The van der Waals surface area contributed by atoms with Crippen molar-refractivity contribution in [2.45, 2.75) is 26.3 Å². The number of nitrogens with two attached hydrogens (primary N) is 1. The number of alkyl halides is 2. The second kappa shape index (κ2) is 5.90. The maximum Gasteiger partial charge on any atom is 0.265 e. The van der Waals surface area contributed by atoms with Gasteiger partial charge in [-0.1, -0.05) is 6.92 Å². The van der Waals surface area contributed by atoms with E-state index in [1.807, 2.05) is 20.2 Å². The van der Waals surface area contributed by atoms with Crippen molar-refractivity contribution in [2.24, 2.45) is 7.05 Å². The van der Waals surface area contributed by atoms with Crippen molar-refractivity contribution in [3.8, 4) is 0 Å². The summed E-state index contributed by atoms with van der Waals surface area (Å²) in [5.41, 5.74) is 8.18. The van der Waals surface area contributed by atoms with Crippen molar-refractivity contribution in [3.05, 3.63) is 41.2 Å². The summed E-state index contributed by atoms with van der Waals surface area (Å²) >= 11 is 0. The molecule has 0 aliphatic rings. The van der Waals surface area contributed by atoms with E-state index in [2.05, 4.69) is 10.4 Å². The highest BCUT2D eigenvalue weighted by Crippen LogP contribution is 2.29. The zero-order valence-electron chi connectivity index (χ0n) is 11.5. The number of benzene rings is 1. The molecule has 0 aliphatic carbocycles. The number of nitrogens with zero attached hydrogens (tertiary/aromatic N) is 2. The fourth-order valence-corrected chi connectivity index (χ4v) is 2.14. The quantitative estimate of drug-likeness (QED) is 0.827. The summed E-state index contributed by atoms with van der Waals surface area (Å²) < 4.78 is 27.7. The van der Waals surface area contributed by atoms with E-state index in [4.69, 9.17) is 5.73 Å². The molecule has 0 saturated carbocycles. The molecule has 0 spiro atoms. The molecule has 2 rings (SSSR count). The third kappa shape index (κ3) is 3.07. The third-order valence-electron chi connectivity index (χ3n) is 3.11. The maximum atomic E-state index is 13.0. The predicted molar refractivity (Wildman–Crippen MR) is 75.7 cm³/mol. The van der Waals surface area contributed by atoms with Gasteiger partial charge < -0.3 is 11.1 Å². The van der Waals surface area contributed by atoms with Gasteiger partial charge in [0.1, 0.15) is 0 Å². The van der Waals surface area contributed by atoms with Crippen LogP contribution in [0.5, 0.6) is 0 Å². The minimum Gasteiger partial charge on any atom is -0.399 e. The van der Waals surface area contributed by atoms with Crippen LogP contribution in [0.25, 0.3) is 0 Å². The first-order valence-electron chi connectivity index (χ1n) is 6.44. The predicted octanol–water partition coefficient (Wildman–Crippen LogP) is 3.11. The number of hydrogen-bond acceptors (Lipinski definition) is 3. The highest BCUT2D eigenvalue weighted by molar-refractivity contribution is 5.58. The SMILES string of the molecule is CCc1nn(C)cc1CNc1ccc(N)cc1C(F)F. The number of aryl methyl sites for hydroxylation is 2. The minimum absolute atomic E-state index is 0.0769. The van der Waals surface area contributed by atoms with Gasteiger partial charge in [-0.2, -0.15) is 5.10 Å². The van der Waals surface area contributed by atoms with Crippen molar-refractivity contribution in [1.29, 1.82) is 0 Å². The van der Waals surface area contributed by atoms with E-state index in [0.29, 0.717) is 17.9 Å². The van der Waals surface area contributed by atoms with Crippen molar-refractivity contribution >= 4 is 11.4 Å². The van der Waals surface area contributed by atoms with Crippen LogP contribution in [-0.4, -0.2) is 9.78 Å². The maximum absolute atomic E-state index is 13.0. The molecular formula is C14H18F2N4. The Morgan fingerprint density at radius 3 is 2.80 bits per heavy atom. The lowest BCUT2D eigenvalue weighted by atomic mass is 10.1. The molecule has 1 aromatic heterocycles. The normalized spacial score (nSPS) is 11.1. The molecule has 20 heavy (non-hydrogen) atoms. The lowest BCUT2D eigenvalue weighted by Crippen LogP contribution is -2.04. The molecule has 1 aromatic carbocycles. The average molecular weight is 280 g/mol. The Balaban J connectivity index is 2.18. The van der Waals surface area contributed by atoms with Crippen LogP contribution in [0.3, 0.4) is 0 Å². The Hall–Kier alpha value is -2.11. The zero-order valence-corrected chi connectivity index (χ0v) is 11.5. The molecular weight excluding hydrogens is 262 g/mol. The lowest BCUT2D eigenvalue weighted by molar-refractivity contribution is 0.152. The minimum atomic E-state index is -2.56. The molecule has 0 fully saturated rings. The number of hydrogen-bond donors (Lipinski definition) is 2. The molecule has 0 unspecified atom stereocenters. The average Bonchev–Trinajstić information content (AvgIpc) is 2.77. The van der Waals surface area contributed by atoms with Crippen LogP contribution in [0.15, 0.2) is 24.4 Å². The van der Waals surface area contributed by atoms with Gasteiger partial charge in [0.15, 0.2) is 0 Å². The molecule has 0 atom stereocenters. The van der Waals surface area contributed by atoms with Crippen LogP contribution < -0.4 is 11.1 Å². The first-order valence-corrected chi connectivity index (χ1v) is 6.44. The van der Waals surface area contributed by atoms with Crippen molar-refractivity contribution in [2.75, 3.05) is 11.1 Å². The molecule has 3 N–H and O–H groups in total. The van der Waals surface area contributed by atoms with Gasteiger partial charge in [0.25, 0.3) is 6.43 Å². The summed E-state index contributed by atoms with van der Waals surface area (Å²) in [5, 5.41) is 7.36. The summed E-state index contributed by atoms with van der Waals surface area (Å²) in [6.45, 7) is 2.47. The number of nitrogen functional groups attached to an aromatic ring is 1. The van der Waals surface area contributed by atoms with Gasteiger partial charge in [-0.3, -0.25) is 4.68 Å². The van der Waals surface area contributed by atoms with Gasteiger partial charge in [-0.15, -0.1) is 0 Å². The molecule has 0 aliphatic heterocycles. The summed E-state index contributed by atoms with van der Waals surface area (Å²) in [6.07, 6.45) is 0.146. The van der Waals surface area contributed by atoms with Crippen LogP contribution in [0, 0.1) is 0 Å². The topological polar surface area (TPSA) is 55.9 Å². The number of anilines is 2. The van der Waals surface area contributed by atoms with E-state index >= 15 is 0 Å². The van der Waals surface area contributed by atoms with Gasteiger partial charge >= 0.3 is 0 Å². The molecule has 0 radical (unpaired) electrons. The first-order chi connectivity index (χ1) is 9.51. The molecule has 0 bridgehead atoms. The summed E-state index contributed by atoms with van der Waals surface area (Å²) in [4.78, 5) is 0. The summed E-state index contributed by atoms with van der Waals surface area (Å²) in [7, 11) is 1.84. The molecule has 4 nitrogen and oxygen atoms in total. The van der Waals surface area contributed by atoms with Gasteiger partial charge in [-0.05, 0) is 24.6 Å². The molecule has 108 valence electrons. The second-order valence-corrected chi connectivity index (χ2v) is 4.63. The molecule has 0 saturated heterocycles. The number of aromatic nitrogens is 2. The van der Waals surface area contributed by atoms with Gasteiger partial charge in [-0.25, -0.2) is 8.78 Å². The highest BCUT2D eigenvalue weighted by Gasteiger charge is 2.14. The monoisotopic (exact) mass is 280 g/mol. The van der Waals surface area contributed by atoms with E-state index < -0.39 is 6.43 Å². The standard InChI is InChI=1S/C14H18F2N4/c1-3-12-9(8-20(2)19-12)7-18-13-5-4-10(17)6-11(13)14(15)16/h4-6,8,14,18H,3,7,17H2,1-2H3. The van der Waals surface area contributed by atoms with Crippen LogP contribution in [0.1, 0.15) is 30.2 Å². The molecule has 6 heteroatoms. The van der Waals surface area contributed by atoms with Gasteiger partial charge in [0.05, 0.1) is 5.69 Å². The largest absolute Gasteiger partial charge is 0.399 e. The van der Waals surface area contributed by atoms with Crippen molar-refractivity contribution < 1.29 is 8.78 Å². The Morgan fingerprint density at radius 2 is 2.15 bits per heavy atom. The Bertz CT molecular complexity index is 593. The van der Waals surface area contributed by atoms with Crippen LogP contribution in [-0.2, 0) is 20.0 Å². The van der Waals surface area contributed by atoms with Crippen molar-refractivity contribution in [3.63, 3.8) is 0 Å². The van der Waals surface area contributed by atoms with Crippen LogP contribution in [0.4, 0.5) is 20.2 Å². The zero-order chi connectivity index (χ0) is 14.7. The number of rotatable bonds is 5. The van der Waals surface area contributed by atoms with E-state index in [0.717, 1.165) is 17.7 Å². The van der Waals surface area contributed by atoms with E-state index in [1.54, 1.807) is 16.8 Å². The number of nitrogens with one attached hydrogen (secondary N) is 1. The highest BCUT2D eigenvalue weighted by atomic mass is 19.3. The van der Waals surface area contributed by atoms with Gasteiger partial charge in [0.2, 0.25) is 0 Å². The Labute approximate surface area is 116 Å². The molecule has 2 aromatic rings. The molecule has 0 amide bonds. The summed E-state index contributed by atoms with van der Waals surface area (Å²) in [5.74, 6) is 0. The first kappa shape index (κ1) is 14.3. The summed E-state index contributed by atoms with van der Waals surface area (Å²) in [6, 6.07) is 4.49. The number of halogens is 2. The van der Waals surface area contributed by atoms with Gasteiger partial charge in [0, 0.05) is 42.3 Å². The third-order valence-corrected chi connectivity index (χ3v) is 3.11. The van der Waals surface area contributed by atoms with Crippen LogP contribution >= 0.6 is 0 Å². The molecule has 1 heterocycles. The van der Waals surface area contributed by atoms with Crippen molar-refractivity contribution in [1.82, 2.24) is 9.78 Å². The second-order valence-electron chi connectivity index (χ2n) is 4.63. The fraction of sp³-hybridized carbons (Fsp3) is 0.357. The fourth-order valence-electron chi connectivity index (χ4n) is 2.14. The lowest BCUT2D eigenvalue weighted by Gasteiger charge is -2.12. The van der Waals surface area contributed by atoms with E-state index in [9.17, 15) is 8.78 Å². The van der Waals surface area contributed by atoms with E-state index in [1.165, 1.54) is 6.07 Å². The Kier molecular flexibility index (Phi) is 4.22. The van der Waals surface area contributed by atoms with Crippen LogP contribution in [0.2, 0.25) is 0 Å².